The Labute approximate surface area is 154 Å². The van der Waals surface area contributed by atoms with E-state index in [2.05, 4.69) is 15.4 Å². The highest BCUT2D eigenvalue weighted by Gasteiger charge is 2.32. The summed E-state index contributed by atoms with van der Waals surface area (Å²) in [5.74, 6) is -2.52. The van der Waals surface area contributed by atoms with Gasteiger partial charge in [-0.15, -0.1) is 0 Å². The van der Waals surface area contributed by atoms with Crippen LogP contribution >= 0.6 is 0 Å². The molecule has 0 spiro atoms. The zero-order chi connectivity index (χ0) is 19.9. The van der Waals surface area contributed by atoms with E-state index in [0.717, 1.165) is 6.07 Å². The van der Waals surface area contributed by atoms with Gasteiger partial charge in [0.05, 0.1) is 29.9 Å². The molecule has 27 heavy (non-hydrogen) atoms. The van der Waals surface area contributed by atoms with Crippen molar-refractivity contribution in [1.82, 2.24) is 25.0 Å². The van der Waals surface area contributed by atoms with Crippen LogP contribution in [0.1, 0.15) is 36.8 Å². The predicted molar refractivity (Wildman–Crippen MR) is 92.6 cm³/mol. The molecule has 0 aliphatic carbocycles. The SMILES string of the molecule is CC(C)(C)NC(=O)c1c(-c2ccc(F)nc2F)nn2c1CN(C(N)=O)CC2. The molecule has 0 unspecified atom stereocenters. The lowest BCUT2D eigenvalue weighted by molar-refractivity contribution is 0.0916. The number of pyridine rings is 1. The molecule has 0 saturated heterocycles. The van der Waals surface area contributed by atoms with E-state index >= 15 is 0 Å². The topological polar surface area (TPSA) is 106 Å². The average Bonchev–Trinajstić information content (AvgIpc) is 2.91. The standard InChI is InChI=1S/C17H20F2N6O2/c1-17(2,3)22-15(26)12-10-8-24(16(20)27)6-7-25(10)23-13(12)9-4-5-11(18)21-14(9)19/h4-5H,6-8H2,1-3H3,(H2,20,27)(H,22,26). The van der Waals surface area contributed by atoms with E-state index in [-0.39, 0.29) is 23.4 Å². The van der Waals surface area contributed by atoms with Gasteiger partial charge in [-0.1, -0.05) is 0 Å². The van der Waals surface area contributed by atoms with Crippen LogP contribution in [0.25, 0.3) is 11.3 Å². The third-order valence-corrected chi connectivity index (χ3v) is 4.08. The summed E-state index contributed by atoms with van der Waals surface area (Å²) >= 11 is 0. The first-order valence-corrected chi connectivity index (χ1v) is 8.36. The number of urea groups is 1. The second kappa shape index (κ2) is 6.60. The highest BCUT2D eigenvalue weighted by atomic mass is 19.1. The molecular weight excluding hydrogens is 358 g/mol. The first kappa shape index (κ1) is 18.7. The van der Waals surface area contributed by atoms with Gasteiger partial charge in [0.15, 0.2) is 0 Å². The number of halogens is 2. The first-order valence-electron chi connectivity index (χ1n) is 8.36. The Bertz CT molecular complexity index is 919. The van der Waals surface area contributed by atoms with E-state index in [1.165, 1.54) is 15.6 Å². The lowest BCUT2D eigenvalue weighted by atomic mass is 10.0. The molecule has 0 aromatic carbocycles. The van der Waals surface area contributed by atoms with E-state index in [4.69, 9.17) is 5.73 Å². The normalized spacial score (nSPS) is 14.0. The lowest BCUT2D eigenvalue weighted by Gasteiger charge is -2.27. The van der Waals surface area contributed by atoms with E-state index in [0.29, 0.717) is 18.8 Å². The number of fused-ring (bicyclic) bond motifs is 1. The van der Waals surface area contributed by atoms with Crippen LogP contribution in [0.3, 0.4) is 0 Å². The summed E-state index contributed by atoms with van der Waals surface area (Å²) in [5, 5.41) is 7.14. The third kappa shape index (κ3) is 3.74. The average molecular weight is 378 g/mol. The van der Waals surface area contributed by atoms with Gasteiger partial charge in [0.1, 0.15) is 5.69 Å². The Morgan fingerprint density at radius 2 is 1.93 bits per heavy atom. The molecule has 3 rings (SSSR count). The maximum absolute atomic E-state index is 14.3. The number of hydrogen-bond acceptors (Lipinski definition) is 4. The highest BCUT2D eigenvalue weighted by Crippen LogP contribution is 2.30. The maximum atomic E-state index is 14.3. The first-order chi connectivity index (χ1) is 12.6. The summed E-state index contributed by atoms with van der Waals surface area (Å²) in [5.41, 5.74) is 5.30. The fourth-order valence-corrected chi connectivity index (χ4v) is 2.92. The van der Waals surface area contributed by atoms with Gasteiger partial charge in [0.25, 0.3) is 5.91 Å². The molecule has 144 valence electrons. The van der Waals surface area contributed by atoms with Crippen molar-refractivity contribution < 1.29 is 18.4 Å². The molecule has 1 aliphatic rings. The number of nitrogens with two attached hydrogens (primary N) is 1. The summed E-state index contributed by atoms with van der Waals surface area (Å²) in [6, 6.07) is 1.56. The minimum absolute atomic E-state index is 0.0445. The zero-order valence-electron chi connectivity index (χ0n) is 15.2. The van der Waals surface area contributed by atoms with E-state index in [1.807, 2.05) is 0 Å². The molecule has 0 atom stereocenters. The molecule has 3 amide bonds. The van der Waals surface area contributed by atoms with Crippen LogP contribution in [-0.2, 0) is 13.1 Å². The largest absolute Gasteiger partial charge is 0.351 e. The van der Waals surface area contributed by atoms with Crippen LogP contribution in [0.5, 0.6) is 0 Å². The number of amides is 3. The minimum atomic E-state index is -1.07. The zero-order valence-corrected chi connectivity index (χ0v) is 15.2. The quantitative estimate of drug-likeness (QED) is 0.775. The summed E-state index contributed by atoms with van der Waals surface area (Å²) in [7, 11) is 0. The number of rotatable bonds is 2. The molecule has 10 heteroatoms. The van der Waals surface area contributed by atoms with Gasteiger partial charge in [0, 0.05) is 12.1 Å². The van der Waals surface area contributed by atoms with Crippen LogP contribution in [0.15, 0.2) is 12.1 Å². The fourth-order valence-electron chi connectivity index (χ4n) is 2.92. The van der Waals surface area contributed by atoms with Crippen molar-refractivity contribution in [1.29, 1.82) is 0 Å². The van der Waals surface area contributed by atoms with E-state index < -0.39 is 29.4 Å². The lowest BCUT2D eigenvalue weighted by Crippen LogP contribution is -2.44. The predicted octanol–water partition coefficient (Wildman–Crippen LogP) is 1.65. The Kier molecular flexibility index (Phi) is 4.58. The number of nitrogens with one attached hydrogen (secondary N) is 1. The smallest absolute Gasteiger partial charge is 0.315 e. The van der Waals surface area contributed by atoms with Crippen molar-refractivity contribution >= 4 is 11.9 Å². The van der Waals surface area contributed by atoms with Crippen LogP contribution < -0.4 is 11.1 Å². The molecule has 8 nitrogen and oxygen atoms in total. The number of aromatic nitrogens is 3. The number of hydrogen-bond donors (Lipinski definition) is 2. The number of carbonyl (C=O) groups is 2. The fraction of sp³-hybridized carbons (Fsp3) is 0.412. The van der Waals surface area contributed by atoms with Crippen molar-refractivity contribution in [3.05, 3.63) is 35.3 Å². The molecule has 1 aliphatic heterocycles. The van der Waals surface area contributed by atoms with Crippen molar-refractivity contribution in [3.63, 3.8) is 0 Å². The molecule has 0 bridgehead atoms. The Morgan fingerprint density at radius 1 is 1.22 bits per heavy atom. The van der Waals surface area contributed by atoms with Gasteiger partial charge in [-0.2, -0.15) is 18.9 Å². The number of primary amides is 1. The van der Waals surface area contributed by atoms with Crippen molar-refractivity contribution in [3.8, 4) is 11.3 Å². The molecule has 2 aromatic heterocycles. The van der Waals surface area contributed by atoms with Gasteiger partial charge < -0.3 is 16.0 Å². The Balaban J connectivity index is 2.16. The summed E-state index contributed by atoms with van der Waals surface area (Å²) < 4.78 is 29.0. The highest BCUT2D eigenvalue weighted by molar-refractivity contribution is 6.01. The molecule has 0 fully saturated rings. The molecular formula is C17H20F2N6O2. The van der Waals surface area contributed by atoms with Crippen LogP contribution in [-0.4, -0.2) is 43.7 Å². The Morgan fingerprint density at radius 3 is 2.52 bits per heavy atom. The van der Waals surface area contributed by atoms with Crippen LogP contribution in [0.4, 0.5) is 13.6 Å². The Hall–Kier alpha value is -3.04. The minimum Gasteiger partial charge on any atom is -0.351 e. The summed E-state index contributed by atoms with van der Waals surface area (Å²) in [6.45, 7) is 6.08. The van der Waals surface area contributed by atoms with Gasteiger partial charge in [0.2, 0.25) is 11.9 Å². The molecule has 0 radical (unpaired) electrons. The summed E-state index contributed by atoms with van der Waals surface area (Å²) in [6.07, 6.45) is 0. The van der Waals surface area contributed by atoms with E-state index in [1.54, 1.807) is 20.8 Å². The maximum Gasteiger partial charge on any atom is 0.315 e. The monoisotopic (exact) mass is 378 g/mol. The second-order valence-electron chi connectivity index (χ2n) is 7.33. The molecule has 2 aromatic rings. The van der Waals surface area contributed by atoms with Crippen LogP contribution in [0.2, 0.25) is 0 Å². The number of carbonyl (C=O) groups excluding carboxylic acids is 2. The second-order valence-corrected chi connectivity index (χ2v) is 7.33. The van der Waals surface area contributed by atoms with Gasteiger partial charge >= 0.3 is 6.03 Å². The van der Waals surface area contributed by atoms with Crippen LogP contribution in [0, 0.1) is 11.9 Å². The molecule has 0 saturated carbocycles. The molecule has 3 heterocycles. The van der Waals surface area contributed by atoms with Crippen molar-refractivity contribution in [2.75, 3.05) is 6.54 Å². The molecule has 3 N–H and O–H groups in total. The van der Waals surface area contributed by atoms with Gasteiger partial charge in [-0.3, -0.25) is 9.48 Å². The van der Waals surface area contributed by atoms with Crippen molar-refractivity contribution in [2.24, 2.45) is 5.73 Å². The van der Waals surface area contributed by atoms with E-state index in [9.17, 15) is 18.4 Å². The van der Waals surface area contributed by atoms with Gasteiger partial charge in [-0.05, 0) is 32.9 Å². The summed E-state index contributed by atoms with van der Waals surface area (Å²) in [4.78, 5) is 29.0. The van der Waals surface area contributed by atoms with Crippen molar-refractivity contribution in [2.45, 2.75) is 39.4 Å². The van der Waals surface area contributed by atoms with Gasteiger partial charge in [-0.25, -0.2) is 4.79 Å². The third-order valence-electron chi connectivity index (χ3n) is 4.08. The number of nitrogens with zero attached hydrogens (tertiary/aromatic N) is 4.